The zero-order chi connectivity index (χ0) is 15.4. The number of carbonyl (C=O) groups is 1. The van der Waals surface area contributed by atoms with Gasteiger partial charge in [0.1, 0.15) is 0 Å². The van der Waals surface area contributed by atoms with E-state index in [-0.39, 0.29) is 23.2 Å². The normalized spacial score (nSPS) is 18.4. The summed E-state index contributed by atoms with van der Waals surface area (Å²) in [5.74, 6) is 5.22. The molecule has 0 saturated carbocycles. The van der Waals surface area contributed by atoms with E-state index in [0.29, 0.717) is 12.2 Å². The van der Waals surface area contributed by atoms with Crippen LogP contribution in [0.1, 0.15) is 43.0 Å². The highest BCUT2D eigenvalue weighted by molar-refractivity contribution is 6.00. The maximum absolute atomic E-state index is 12.7. The molecule has 7 heteroatoms. The number of likely N-dealkylation sites (tertiary alicyclic amines) is 1. The number of nitrogen functional groups attached to an aromatic ring is 1. The van der Waals surface area contributed by atoms with Gasteiger partial charge in [-0.25, -0.2) is 0 Å². The molecule has 1 aromatic rings. The molecule has 1 aromatic carbocycles. The molecule has 0 spiro atoms. The van der Waals surface area contributed by atoms with Gasteiger partial charge in [-0.05, 0) is 31.7 Å². The molecule has 1 saturated heterocycles. The smallest absolute Gasteiger partial charge is 0.270 e. The third kappa shape index (κ3) is 3.13. The zero-order valence-electron chi connectivity index (χ0n) is 12.0. The lowest BCUT2D eigenvalue weighted by Crippen LogP contribution is -2.43. The molecule has 1 aliphatic heterocycles. The van der Waals surface area contributed by atoms with Gasteiger partial charge in [-0.3, -0.25) is 20.8 Å². The first kappa shape index (κ1) is 15.2. The first-order valence-corrected chi connectivity index (χ1v) is 7.14. The van der Waals surface area contributed by atoms with Gasteiger partial charge < -0.3 is 10.3 Å². The number of non-ortho nitro benzene ring substituents is 1. The Morgan fingerprint density at radius 2 is 2.29 bits per heavy atom. The predicted octanol–water partition coefficient (Wildman–Crippen LogP) is 2.29. The number of hydrazine groups is 1. The largest absolute Gasteiger partial charge is 0.336 e. The number of nitro benzene ring substituents is 1. The molecule has 2 rings (SSSR count). The fourth-order valence-electron chi connectivity index (χ4n) is 2.80. The Hall–Kier alpha value is -2.15. The predicted molar refractivity (Wildman–Crippen MR) is 79.9 cm³/mol. The average Bonchev–Trinajstić information content (AvgIpc) is 2.53. The highest BCUT2D eigenvalue weighted by atomic mass is 16.6. The molecular weight excluding hydrogens is 272 g/mol. The van der Waals surface area contributed by atoms with Crippen molar-refractivity contribution in [2.24, 2.45) is 5.84 Å². The fourth-order valence-corrected chi connectivity index (χ4v) is 2.80. The molecule has 0 radical (unpaired) electrons. The summed E-state index contributed by atoms with van der Waals surface area (Å²) < 4.78 is 0. The molecule has 114 valence electrons. The van der Waals surface area contributed by atoms with Crippen LogP contribution in [0.5, 0.6) is 0 Å². The SMILES string of the molecule is CCC1CCCCN1C(=O)c1cc([N+](=O)[O-])ccc1NN. The monoisotopic (exact) mass is 292 g/mol. The van der Waals surface area contributed by atoms with Crippen molar-refractivity contribution in [2.45, 2.75) is 38.6 Å². The number of hydrogen-bond donors (Lipinski definition) is 2. The molecular formula is C14H20N4O3. The van der Waals surface area contributed by atoms with E-state index < -0.39 is 4.92 Å². The van der Waals surface area contributed by atoms with Gasteiger partial charge in [0, 0.05) is 24.7 Å². The van der Waals surface area contributed by atoms with Crippen molar-refractivity contribution in [1.29, 1.82) is 0 Å². The number of rotatable bonds is 4. The van der Waals surface area contributed by atoms with Crippen LogP contribution in [-0.2, 0) is 0 Å². The number of nitrogens with two attached hydrogens (primary N) is 1. The summed E-state index contributed by atoms with van der Waals surface area (Å²) in [5, 5.41) is 10.9. The van der Waals surface area contributed by atoms with Gasteiger partial charge in [-0.1, -0.05) is 6.92 Å². The molecule has 1 aliphatic rings. The van der Waals surface area contributed by atoms with Crippen LogP contribution in [0.25, 0.3) is 0 Å². The van der Waals surface area contributed by atoms with Crippen LogP contribution < -0.4 is 11.3 Å². The number of nitrogens with one attached hydrogen (secondary N) is 1. The molecule has 1 amide bonds. The number of amides is 1. The van der Waals surface area contributed by atoms with E-state index in [1.54, 1.807) is 0 Å². The average molecular weight is 292 g/mol. The van der Waals surface area contributed by atoms with Crippen LogP contribution in [-0.4, -0.2) is 28.3 Å². The second-order valence-electron chi connectivity index (χ2n) is 5.19. The minimum Gasteiger partial charge on any atom is -0.336 e. The molecule has 0 aliphatic carbocycles. The summed E-state index contributed by atoms with van der Waals surface area (Å²) in [6, 6.07) is 4.28. The van der Waals surface area contributed by atoms with Crippen molar-refractivity contribution in [3.05, 3.63) is 33.9 Å². The molecule has 3 N–H and O–H groups in total. The first-order chi connectivity index (χ1) is 10.1. The number of piperidine rings is 1. The van der Waals surface area contributed by atoms with Crippen LogP contribution in [0.2, 0.25) is 0 Å². The Balaban J connectivity index is 2.36. The van der Waals surface area contributed by atoms with Gasteiger partial charge in [0.25, 0.3) is 11.6 Å². The molecule has 1 heterocycles. The van der Waals surface area contributed by atoms with Gasteiger partial charge in [-0.15, -0.1) is 0 Å². The van der Waals surface area contributed by atoms with Crippen molar-refractivity contribution in [3.8, 4) is 0 Å². The summed E-state index contributed by atoms with van der Waals surface area (Å²) in [6.45, 7) is 2.73. The summed E-state index contributed by atoms with van der Waals surface area (Å²) in [7, 11) is 0. The number of benzene rings is 1. The molecule has 21 heavy (non-hydrogen) atoms. The Morgan fingerprint density at radius 1 is 1.52 bits per heavy atom. The van der Waals surface area contributed by atoms with Crippen molar-refractivity contribution in [1.82, 2.24) is 4.90 Å². The number of anilines is 1. The van der Waals surface area contributed by atoms with Crippen LogP contribution in [0.4, 0.5) is 11.4 Å². The summed E-state index contributed by atoms with van der Waals surface area (Å²) in [5.41, 5.74) is 3.00. The molecule has 1 unspecified atom stereocenters. The van der Waals surface area contributed by atoms with Crippen LogP contribution >= 0.6 is 0 Å². The lowest BCUT2D eigenvalue weighted by Gasteiger charge is -2.35. The minimum atomic E-state index is -0.509. The van der Waals surface area contributed by atoms with Gasteiger partial charge >= 0.3 is 0 Å². The lowest BCUT2D eigenvalue weighted by atomic mass is 9.98. The van der Waals surface area contributed by atoms with Crippen molar-refractivity contribution in [3.63, 3.8) is 0 Å². The first-order valence-electron chi connectivity index (χ1n) is 7.14. The fraction of sp³-hybridized carbons (Fsp3) is 0.500. The van der Waals surface area contributed by atoms with Gasteiger partial charge in [0.15, 0.2) is 0 Å². The highest BCUT2D eigenvalue weighted by Crippen LogP contribution is 2.27. The standard InChI is InChI=1S/C14H20N4O3/c1-2-10-5-3-4-8-17(10)14(19)12-9-11(18(20)21)6-7-13(12)16-15/h6-7,9-10,16H,2-5,8,15H2,1H3. The van der Waals surface area contributed by atoms with E-state index in [2.05, 4.69) is 5.43 Å². The Kier molecular flexibility index (Phi) is 4.74. The number of carbonyl (C=O) groups excluding carboxylic acids is 1. The van der Waals surface area contributed by atoms with Crippen molar-refractivity contribution < 1.29 is 9.72 Å². The molecule has 1 fully saturated rings. The van der Waals surface area contributed by atoms with Crippen LogP contribution in [0.15, 0.2) is 18.2 Å². The number of nitro groups is 1. The second kappa shape index (κ2) is 6.53. The van der Waals surface area contributed by atoms with Crippen LogP contribution in [0.3, 0.4) is 0 Å². The molecule has 1 atom stereocenters. The van der Waals surface area contributed by atoms with Crippen molar-refractivity contribution in [2.75, 3.05) is 12.0 Å². The third-order valence-electron chi connectivity index (χ3n) is 3.96. The van der Waals surface area contributed by atoms with E-state index in [1.807, 2.05) is 11.8 Å². The minimum absolute atomic E-state index is 0.109. The Morgan fingerprint density at radius 3 is 2.90 bits per heavy atom. The molecule has 0 bridgehead atoms. The second-order valence-corrected chi connectivity index (χ2v) is 5.19. The van der Waals surface area contributed by atoms with E-state index in [4.69, 9.17) is 5.84 Å². The van der Waals surface area contributed by atoms with Crippen LogP contribution in [0, 0.1) is 10.1 Å². The summed E-state index contributed by atoms with van der Waals surface area (Å²) in [4.78, 5) is 24.9. The quantitative estimate of drug-likeness (QED) is 0.503. The summed E-state index contributed by atoms with van der Waals surface area (Å²) in [6.07, 6.45) is 3.93. The highest BCUT2D eigenvalue weighted by Gasteiger charge is 2.28. The zero-order valence-corrected chi connectivity index (χ0v) is 12.0. The third-order valence-corrected chi connectivity index (χ3v) is 3.96. The molecule has 0 aromatic heterocycles. The Bertz CT molecular complexity index is 547. The van der Waals surface area contributed by atoms with Gasteiger partial charge in [0.2, 0.25) is 0 Å². The van der Waals surface area contributed by atoms with Crippen molar-refractivity contribution >= 4 is 17.3 Å². The maximum atomic E-state index is 12.7. The number of hydrogen-bond acceptors (Lipinski definition) is 5. The molecule has 7 nitrogen and oxygen atoms in total. The van der Waals surface area contributed by atoms with E-state index in [0.717, 1.165) is 25.7 Å². The van der Waals surface area contributed by atoms with E-state index in [1.165, 1.54) is 18.2 Å². The Labute approximate surface area is 123 Å². The van der Waals surface area contributed by atoms with E-state index in [9.17, 15) is 14.9 Å². The summed E-state index contributed by atoms with van der Waals surface area (Å²) >= 11 is 0. The number of nitrogens with zero attached hydrogens (tertiary/aromatic N) is 2. The maximum Gasteiger partial charge on any atom is 0.270 e. The lowest BCUT2D eigenvalue weighted by molar-refractivity contribution is -0.384. The van der Waals surface area contributed by atoms with E-state index >= 15 is 0 Å². The van der Waals surface area contributed by atoms with Gasteiger partial charge in [0.05, 0.1) is 16.2 Å². The topological polar surface area (TPSA) is 102 Å². The van der Waals surface area contributed by atoms with Gasteiger partial charge in [-0.2, -0.15) is 0 Å².